The molecule has 1 amide bonds. The van der Waals surface area contributed by atoms with Crippen molar-refractivity contribution in [1.82, 2.24) is 15.0 Å². The number of thiophene rings is 1. The summed E-state index contributed by atoms with van der Waals surface area (Å²) in [6.07, 6.45) is 0.486. The summed E-state index contributed by atoms with van der Waals surface area (Å²) in [5, 5.41) is 16.8. The molecule has 0 saturated carbocycles. The number of halogens is 1. The van der Waals surface area contributed by atoms with E-state index in [4.69, 9.17) is 9.78 Å². The first-order chi connectivity index (χ1) is 15.6. The van der Waals surface area contributed by atoms with Crippen LogP contribution in [0.1, 0.15) is 29.0 Å². The first kappa shape index (κ1) is 21.4. The molecule has 0 fully saturated rings. The van der Waals surface area contributed by atoms with Gasteiger partial charge in [0, 0.05) is 36.9 Å². The summed E-state index contributed by atoms with van der Waals surface area (Å²) in [4.78, 5) is 19.1. The fraction of sp³-hybridized carbons (Fsp3) is 0.167. The Kier molecular flexibility index (Phi) is 6.68. The predicted octanol–water partition coefficient (Wildman–Crippen LogP) is 4.97. The number of carbonyl (C=O) groups excluding carboxylic acids is 1. The summed E-state index contributed by atoms with van der Waals surface area (Å²) < 4.78 is 18.9. The minimum absolute atomic E-state index is 0.117. The molecule has 2 aromatic heterocycles. The molecule has 8 heteroatoms. The number of carbonyl (C=O) groups is 1. The van der Waals surface area contributed by atoms with E-state index in [0.29, 0.717) is 35.8 Å². The van der Waals surface area contributed by atoms with Crippen molar-refractivity contribution in [2.24, 2.45) is 0 Å². The summed E-state index contributed by atoms with van der Waals surface area (Å²) in [6, 6.07) is 17.2. The normalized spacial score (nSPS) is 10.6. The van der Waals surface area contributed by atoms with Crippen molar-refractivity contribution < 1.29 is 13.7 Å². The molecule has 4 aromatic rings. The van der Waals surface area contributed by atoms with Crippen LogP contribution in [-0.4, -0.2) is 20.9 Å². The Bertz CT molecular complexity index is 1230. The van der Waals surface area contributed by atoms with Gasteiger partial charge in [0.05, 0.1) is 11.6 Å². The Morgan fingerprint density at radius 1 is 1.12 bits per heavy atom. The van der Waals surface area contributed by atoms with Gasteiger partial charge >= 0.3 is 0 Å². The molecule has 0 saturated heterocycles. The molecule has 2 heterocycles. The Morgan fingerprint density at radius 3 is 2.66 bits per heavy atom. The highest BCUT2D eigenvalue weighted by Gasteiger charge is 2.17. The maximum Gasteiger partial charge on any atom is 0.227 e. The minimum Gasteiger partial charge on any atom is -0.339 e. The largest absolute Gasteiger partial charge is 0.339 e. The predicted molar refractivity (Wildman–Crippen MR) is 118 cm³/mol. The molecule has 0 radical (unpaired) electrons. The average molecular weight is 447 g/mol. The smallest absolute Gasteiger partial charge is 0.227 e. The number of aromatic nitrogens is 2. The number of hydrogen-bond acceptors (Lipinski definition) is 6. The molecule has 4 rings (SSSR count). The molecule has 6 nitrogen and oxygen atoms in total. The van der Waals surface area contributed by atoms with Crippen molar-refractivity contribution in [3.05, 3.63) is 93.8 Å². The number of amides is 1. The number of nitriles is 1. The minimum atomic E-state index is -0.347. The van der Waals surface area contributed by atoms with Gasteiger partial charge in [-0.3, -0.25) is 4.79 Å². The Labute approximate surface area is 188 Å². The molecule has 0 aliphatic heterocycles. The third-order valence-electron chi connectivity index (χ3n) is 4.87. The number of benzene rings is 2. The monoisotopic (exact) mass is 446 g/mol. The van der Waals surface area contributed by atoms with Gasteiger partial charge in [-0.2, -0.15) is 21.6 Å². The summed E-state index contributed by atoms with van der Waals surface area (Å²) in [5.41, 5.74) is 3.01. The van der Waals surface area contributed by atoms with Crippen LogP contribution < -0.4 is 0 Å². The van der Waals surface area contributed by atoms with Crippen LogP contribution in [0.5, 0.6) is 0 Å². The van der Waals surface area contributed by atoms with Crippen LogP contribution in [-0.2, 0) is 24.3 Å². The van der Waals surface area contributed by atoms with E-state index >= 15 is 0 Å². The molecule has 0 bridgehead atoms. The van der Waals surface area contributed by atoms with Crippen LogP contribution in [0.4, 0.5) is 4.39 Å². The maximum atomic E-state index is 13.7. The zero-order chi connectivity index (χ0) is 22.3. The summed E-state index contributed by atoms with van der Waals surface area (Å²) in [6.45, 7) is 0.603. The van der Waals surface area contributed by atoms with E-state index in [1.807, 2.05) is 29.0 Å². The van der Waals surface area contributed by atoms with Crippen molar-refractivity contribution in [3.63, 3.8) is 0 Å². The Morgan fingerprint density at radius 2 is 1.94 bits per heavy atom. The quantitative estimate of drug-likeness (QED) is 0.382. The lowest BCUT2D eigenvalue weighted by molar-refractivity contribution is -0.132. The van der Waals surface area contributed by atoms with Gasteiger partial charge in [0.15, 0.2) is 0 Å². The van der Waals surface area contributed by atoms with Crippen LogP contribution in [0, 0.1) is 17.1 Å². The zero-order valence-electron chi connectivity index (χ0n) is 17.1. The topological polar surface area (TPSA) is 83.0 Å². The Hall–Kier alpha value is -3.83. The van der Waals surface area contributed by atoms with E-state index < -0.39 is 0 Å². The first-order valence-electron chi connectivity index (χ1n) is 9.97. The molecular weight excluding hydrogens is 427 g/mol. The molecule has 0 unspecified atom stereocenters. The van der Waals surface area contributed by atoms with Crippen LogP contribution in [0.3, 0.4) is 0 Å². The van der Waals surface area contributed by atoms with E-state index in [1.54, 1.807) is 40.5 Å². The second-order valence-electron chi connectivity index (χ2n) is 7.21. The van der Waals surface area contributed by atoms with Gasteiger partial charge in [0.1, 0.15) is 5.82 Å². The van der Waals surface area contributed by atoms with Crippen molar-refractivity contribution in [1.29, 1.82) is 5.26 Å². The lowest BCUT2D eigenvalue weighted by Crippen LogP contribution is -2.30. The standard InChI is InChI=1S/C24H19FN4O2S/c25-21-3-1-2-19(12-21)15-29(14-18-6-4-17(13-26)5-7-18)23(30)9-8-22-27-24(28-31-22)20-10-11-32-16-20/h1-7,10-12,16H,8-9,14-15H2. The zero-order valence-corrected chi connectivity index (χ0v) is 17.9. The molecule has 32 heavy (non-hydrogen) atoms. The van der Waals surface area contributed by atoms with Crippen LogP contribution in [0.2, 0.25) is 0 Å². The van der Waals surface area contributed by atoms with Crippen LogP contribution in [0.25, 0.3) is 11.4 Å². The lowest BCUT2D eigenvalue weighted by atomic mass is 10.1. The van der Waals surface area contributed by atoms with Gasteiger partial charge in [0.25, 0.3) is 0 Å². The number of hydrogen-bond donors (Lipinski definition) is 0. The highest BCUT2D eigenvalue weighted by atomic mass is 32.1. The van der Waals surface area contributed by atoms with Gasteiger partial charge in [-0.25, -0.2) is 4.39 Å². The molecule has 160 valence electrons. The fourth-order valence-electron chi connectivity index (χ4n) is 3.23. The average Bonchev–Trinajstić information content (AvgIpc) is 3.49. The molecule has 0 spiro atoms. The third-order valence-corrected chi connectivity index (χ3v) is 5.56. The van der Waals surface area contributed by atoms with Crippen molar-refractivity contribution in [2.75, 3.05) is 0 Å². The first-order valence-corrected chi connectivity index (χ1v) is 10.9. The molecule has 0 atom stereocenters. The molecule has 2 aromatic carbocycles. The number of aryl methyl sites for hydroxylation is 1. The van der Waals surface area contributed by atoms with E-state index in [2.05, 4.69) is 16.2 Å². The van der Waals surface area contributed by atoms with Crippen molar-refractivity contribution in [3.8, 4) is 17.5 Å². The Balaban J connectivity index is 1.46. The second-order valence-corrected chi connectivity index (χ2v) is 7.99. The summed E-state index contributed by atoms with van der Waals surface area (Å²) in [5.74, 6) is 0.431. The van der Waals surface area contributed by atoms with Crippen LogP contribution >= 0.6 is 11.3 Å². The van der Waals surface area contributed by atoms with Crippen molar-refractivity contribution in [2.45, 2.75) is 25.9 Å². The van der Waals surface area contributed by atoms with E-state index in [9.17, 15) is 9.18 Å². The van der Waals surface area contributed by atoms with Gasteiger partial charge in [-0.05, 0) is 46.8 Å². The number of rotatable bonds is 8. The molecular formula is C24H19FN4O2S. The van der Waals surface area contributed by atoms with E-state index in [-0.39, 0.29) is 24.7 Å². The lowest BCUT2D eigenvalue weighted by Gasteiger charge is -2.23. The SMILES string of the molecule is N#Cc1ccc(CN(Cc2cccc(F)c2)C(=O)CCc2nc(-c3ccsc3)no2)cc1. The molecule has 0 aliphatic carbocycles. The molecule has 0 aliphatic rings. The van der Waals surface area contributed by atoms with Gasteiger partial charge in [-0.1, -0.05) is 29.4 Å². The second kappa shape index (κ2) is 9.98. The van der Waals surface area contributed by atoms with E-state index in [1.165, 1.54) is 12.1 Å². The maximum absolute atomic E-state index is 13.7. The summed E-state index contributed by atoms with van der Waals surface area (Å²) >= 11 is 1.54. The van der Waals surface area contributed by atoms with E-state index in [0.717, 1.165) is 11.1 Å². The van der Waals surface area contributed by atoms with Gasteiger partial charge < -0.3 is 9.42 Å². The van der Waals surface area contributed by atoms with Crippen LogP contribution in [0.15, 0.2) is 69.9 Å². The highest BCUT2D eigenvalue weighted by Crippen LogP contribution is 2.20. The third kappa shape index (κ3) is 5.45. The van der Waals surface area contributed by atoms with Gasteiger partial charge in [0.2, 0.25) is 17.6 Å². The summed E-state index contributed by atoms with van der Waals surface area (Å²) in [7, 11) is 0. The highest BCUT2D eigenvalue weighted by molar-refractivity contribution is 7.08. The number of nitrogens with zero attached hydrogens (tertiary/aromatic N) is 4. The van der Waals surface area contributed by atoms with Crippen molar-refractivity contribution >= 4 is 17.2 Å². The van der Waals surface area contributed by atoms with Gasteiger partial charge in [-0.15, -0.1) is 0 Å². The molecule has 0 N–H and O–H groups in total. The fourth-order valence-corrected chi connectivity index (χ4v) is 3.86.